The van der Waals surface area contributed by atoms with Crippen molar-refractivity contribution in [2.24, 2.45) is 5.92 Å². The van der Waals surface area contributed by atoms with Crippen molar-refractivity contribution in [2.75, 3.05) is 0 Å². The minimum absolute atomic E-state index is 0.153. The lowest BCUT2D eigenvalue weighted by atomic mass is 9.89. The average Bonchev–Trinajstić information content (AvgIpc) is 3.39. The molecule has 3 heterocycles. The maximum absolute atomic E-state index is 13.2. The van der Waals surface area contributed by atoms with Gasteiger partial charge in [0.15, 0.2) is 0 Å². The molecule has 7 nitrogen and oxygen atoms in total. The van der Waals surface area contributed by atoms with Gasteiger partial charge in [0, 0.05) is 24.5 Å². The second kappa shape index (κ2) is 7.85. The topological polar surface area (TPSA) is 70.0 Å². The summed E-state index contributed by atoms with van der Waals surface area (Å²) in [5.74, 6) is 0.366. The summed E-state index contributed by atoms with van der Waals surface area (Å²) < 4.78 is 18.2. The Labute approximate surface area is 172 Å². The molecule has 0 spiro atoms. The first-order valence-electron chi connectivity index (χ1n) is 10.4. The second-order valence-corrected chi connectivity index (χ2v) is 8.03. The van der Waals surface area contributed by atoms with Crippen LogP contribution in [0.1, 0.15) is 37.8 Å². The van der Waals surface area contributed by atoms with Crippen molar-refractivity contribution in [2.45, 2.75) is 45.2 Å². The van der Waals surface area contributed by atoms with E-state index in [0.29, 0.717) is 23.7 Å². The van der Waals surface area contributed by atoms with Crippen LogP contribution in [0, 0.1) is 11.7 Å². The lowest BCUT2D eigenvalue weighted by Gasteiger charge is -2.20. The monoisotopic (exact) mass is 406 g/mol. The van der Waals surface area contributed by atoms with Crippen molar-refractivity contribution < 1.29 is 4.39 Å². The number of fused-ring (bicyclic) bond motifs is 1. The molecule has 0 bridgehead atoms. The van der Waals surface area contributed by atoms with Gasteiger partial charge >= 0.3 is 0 Å². The summed E-state index contributed by atoms with van der Waals surface area (Å²) >= 11 is 0. The molecule has 0 atom stereocenters. The lowest BCUT2D eigenvalue weighted by molar-refractivity contribution is 0.305. The SMILES string of the molecule is O=c1c2cc(-c3ccc(F)cc3)nn2ccn1Cc1cn(CC2CCCCC2)nn1. The fraction of sp³-hybridized carbons (Fsp3) is 0.364. The molecule has 1 aliphatic rings. The lowest BCUT2D eigenvalue weighted by Crippen LogP contribution is -2.22. The van der Waals surface area contributed by atoms with Crippen LogP contribution in [0.5, 0.6) is 0 Å². The minimum Gasteiger partial charge on any atom is -0.306 e. The van der Waals surface area contributed by atoms with Gasteiger partial charge in [0.05, 0.1) is 18.4 Å². The molecule has 1 aromatic carbocycles. The zero-order valence-corrected chi connectivity index (χ0v) is 16.6. The fourth-order valence-corrected chi connectivity index (χ4v) is 4.22. The smallest absolute Gasteiger partial charge is 0.276 e. The summed E-state index contributed by atoms with van der Waals surface area (Å²) in [7, 11) is 0. The summed E-state index contributed by atoms with van der Waals surface area (Å²) in [4.78, 5) is 12.9. The molecule has 1 fully saturated rings. The van der Waals surface area contributed by atoms with E-state index < -0.39 is 0 Å². The molecule has 1 saturated carbocycles. The van der Waals surface area contributed by atoms with Crippen LogP contribution in [0.4, 0.5) is 4.39 Å². The number of hydrogen-bond donors (Lipinski definition) is 0. The van der Waals surface area contributed by atoms with Gasteiger partial charge in [0.25, 0.3) is 5.56 Å². The number of benzene rings is 1. The van der Waals surface area contributed by atoms with E-state index in [9.17, 15) is 9.18 Å². The highest BCUT2D eigenvalue weighted by Crippen LogP contribution is 2.24. The van der Waals surface area contributed by atoms with E-state index in [4.69, 9.17) is 0 Å². The summed E-state index contributed by atoms with van der Waals surface area (Å²) in [5, 5.41) is 12.9. The van der Waals surface area contributed by atoms with Gasteiger partial charge in [-0.3, -0.25) is 9.48 Å². The molecule has 8 heteroatoms. The van der Waals surface area contributed by atoms with Crippen molar-refractivity contribution in [1.29, 1.82) is 0 Å². The fourth-order valence-electron chi connectivity index (χ4n) is 4.22. The van der Waals surface area contributed by atoms with Crippen LogP contribution in [0.2, 0.25) is 0 Å². The van der Waals surface area contributed by atoms with Crippen molar-refractivity contribution in [1.82, 2.24) is 29.2 Å². The van der Waals surface area contributed by atoms with Crippen LogP contribution in [-0.4, -0.2) is 29.2 Å². The third-order valence-corrected chi connectivity index (χ3v) is 5.83. The Morgan fingerprint density at radius 2 is 1.87 bits per heavy atom. The first kappa shape index (κ1) is 18.7. The van der Waals surface area contributed by atoms with E-state index >= 15 is 0 Å². The number of nitrogens with zero attached hydrogens (tertiary/aromatic N) is 6. The summed E-state index contributed by atoms with van der Waals surface area (Å²) in [5.41, 5.74) is 2.46. The first-order valence-corrected chi connectivity index (χ1v) is 10.4. The van der Waals surface area contributed by atoms with E-state index in [1.807, 2.05) is 10.9 Å². The Kier molecular flexibility index (Phi) is 4.90. The highest BCUT2D eigenvalue weighted by Gasteiger charge is 2.15. The average molecular weight is 406 g/mol. The predicted molar refractivity (Wildman–Crippen MR) is 111 cm³/mol. The molecule has 4 aromatic rings. The summed E-state index contributed by atoms with van der Waals surface area (Å²) in [6.07, 6.45) is 11.8. The van der Waals surface area contributed by atoms with Crippen molar-refractivity contribution in [3.05, 3.63) is 70.8 Å². The van der Waals surface area contributed by atoms with Gasteiger partial charge in [-0.05, 0) is 49.1 Å². The first-order chi connectivity index (χ1) is 14.7. The van der Waals surface area contributed by atoms with Crippen molar-refractivity contribution >= 4 is 5.52 Å². The van der Waals surface area contributed by atoms with Crippen LogP contribution in [0.3, 0.4) is 0 Å². The highest BCUT2D eigenvalue weighted by atomic mass is 19.1. The Morgan fingerprint density at radius 3 is 2.67 bits per heavy atom. The van der Waals surface area contributed by atoms with Crippen molar-refractivity contribution in [3.8, 4) is 11.3 Å². The van der Waals surface area contributed by atoms with E-state index in [-0.39, 0.29) is 11.4 Å². The molecular formula is C22H23FN6O. The zero-order valence-electron chi connectivity index (χ0n) is 16.6. The number of aromatic nitrogens is 6. The summed E-state index contributed by atoms with van der Waals surface area (Å²) in [6, 6.07) is 7.80. The zero-order chi connectivity index (χ0) is 20.5. The number of rotatable bonds is 5. The molecule has 0 amide bonds. The molecule has 0 radical (unpaired) electrons. The van der Waals surface area contributed by atoms with Gasteiger partial charge < -0.3 is 4.57 Å². The number of hydrogen-bond acceptors (Lipinski definition) is 4. The molecule has 0 N–H and O–H groups in total. The Hall–Kier alpha value is -3.29. The molecule has 3 aromatic heterocycles. The third kappa shape index (κ3) is 3.77. The maximum Gasteiger partial charge on any atom is 0.276 e. The van der Waals surface area contributed by atoms with Crippen LogP contribution < -0.4 is 5.56 Å². The molecule has 0 aliphatic heterocycles. The standard InChI is InChI=1S/C22H23FN6O/c23-18-8-6-17(7-9-18)20-12-21-22(30)27(10-11-29(21)25-20)14-19-15-28(26-24-19)13-16-4-2-1-3-5-16/h6-12,15-16H,1-5,13-14H2. The molecular weight excluding hydrogens is 383 g/mol. The van der Waals surface area contributed by atoms with Gasteiger partial charge in [-0.25, -0.2) is 8.91 Å². The molecule has 154 valence electrons. The maximum atomic E-state index is 13.2. The predicted octanol–water partition coefficient (Wildman–Crippen LogP) is 3.52. The number of halogens is 1. The van der Waals surface area contributed by atoms with E-state index in [0.717, 1.165) is 17.8 Å². The van der Waals surface area contributed by atoms with Crippen molar-refractivity contribution in [3.63, 3.8) is 0 Å². The van der Waals surface area contributed by atoms with Crippen LogP contribution in [0.15, 0.2) is 53.7 Å². The highest BCUT2D eigenvalue weighted by molar-refractivity contribution is 5.65. The van der Waals surface area contributed by atoms with Crippen LogP contribution in [0.25, 0.3) is 16.8 Å². The van der Waals surface area contributed by atoms with E-state index in [1.165, 1.54) is 44.2 Å². The molecule has 30 heavy (non-hydrogen) atoms. The van der Waals surface area contributed by atoms with Crippen LogP contribution in [-0.2, 0) is 13.1 Å². The molecule has 0 saturated heterocycles. The largest absolute Gasteiger partial charge is 0.306 e. The van der Waals surface area contributed by atoms with Gasteiger partial charge in [-0.15, -0.1) is 5.10 Å². The van der Waals surface area contributed by atoms with E-state index in [2.05, 4.69) is 15.4 Å². The van der Waals surface area contributed by atoms with Gasteiger partial charge in [-0.2, -0.15) is 5.10 Å². The Morgan fingerprint density at radius 1 is 1.07 bits per heavy atom. The Bertz CT molecular complexity index is 1220. The van der Waals surface area contributed by atoms with E-state index in [1.54, 1.807) is 39.7 Å². The van der Waals surface area contributed by atoms with Crippen LogP contribution >= 0.6 is 0 Å². The van der Waals surface area contributed by atoms with Gasteiger partial charge in [0.1, 0.15) is 17.0 Å². The second-order valence-electron chi connectivity index (χ2n) is 8.03. The van der Waals surface area contributed by atoms with Gasteiger partial charge in [-0.1, -0.05) is 24.5 Å². The van der Waals surface area contributed by atoms with Gasteiger partial charge in [0.2, 0.25) is 0 Å². The quantitative estimate of drug-likeness (QED) is 0.508. The molecule has 0 unspecified atom stereocenters. The summed E-state index contributed by atoms with van der Waals surface area (Å²) in [6.45, 7) is 1.25. The minimum atomic E-state index is -0.304. The molecule has 1 aliphatic carbocycles. The normalized spacial score (nSPS) is 15.1. The molecule has 5 rings (SSSR count). The Balaban J connectivity index is 1.36. The third-order valence-electron chi connectivity index (χ3n) is 5.83.